The number of hydrogen-bond donors (Lipinski definition) is 2. The van der Waals surface area contributed by atoms with Gasteiger partial charge in [0.1, 0.15) is 0 Å². The zero-order chi connectivity index (χ0) is 21.2. The molecule has 1 heterocycles. The van der Waals surface area contributed by atoms with Crippen molar-refractivity contribution in [3.63, 3.8) is 0 Å². The zero-order valence-corrected chi connectivity index (χ0v) is 16.4. The van der Waals surface area contributed by atoms with Gasteiger partial charge in [-0.3, -0.25) is 9.62 Å². The summed E-state index contributed by atoms with van der Waals surface area (Å²) >= 11 is 0. The minimum absolute atomic E-state index is 0.0792. The molecule has 2 amide bonds. The molecule has 0 fully saturated rings. The Hall–Kier alpha value is -2.75. The van der Waals surface area contributed by atoms with Gasteiger partial charge in [-0.05, 0) is 54.8 Å². The van der Waals surface area contributed by atoms with Gasteiger partial charge in [0, 0.05) is 24.5 Å². The molecule has 2 N–H and O–H groups in total. The summed E-state index contributed by atoms with van der Waals surface area (Å²) in [5.74, 6) is 0. The van der Waals surface area contributed by atoms with Gasteiger partial charge in [-0.25, -0.2) is 13.2 Å². The molecule has 0 bridgehead atoms. The molecule has 29 heavy (non-hydrogen) atoms. The third-order valence-electron chi connectivity index (χ3n) is 4.47. The van der Waals surface area contributed by atoms with Gasteiger partial charge in [-0.2, -0.15) is 13.2 Å². The lowest BCUT2D eigenvalue weighted by molar-refractivity contribution is -0.137. The highest BCUT2D eigenvalue weighted by Gasteiger charge is 2.31. The van der Waals surface area contributed by atoms with Crippen molar-refractivity contribution in [3.05, 3.63) is 53.6 Å². The normalized spacial score (nSPS) is 13.9. The molecule has 0 spiro atoms. The number of urea groups is 1. The molecule has 0 aliphatic carbocycles. The van der Waals surface area contributed by atoms with Gasteiger partial charge in [0.25, 0.3) is 10.0 Å². The fraction of sp³-hybridized carbons (Fsp3) is 0.316. The monoisotopic (exact) mass is 427 g/mol. The summed E-state index contributed by atoms with van der Waals surface area (Å²) in [5.41, 5.74) is 0.182. The standard InChI is InChI=1S/C19H20F3N3O3S/c1-2-9-23-18(26)25-10-8-13-11-16(6-7-17(13)25)29(27,28)24-15-5-3-4-14(12-15)19(20,21)22/h3-7,11-12,24H,2,8-10H2,1H3,(H,23,26). The molecular formula is C19H20F3N3O3S. The van der Waals surface area contributed by atoms with E-state index in [0.717, 1.165) is 24.6 Å². The highest BCUT2D eigenvalue weighted by Crippen LogP contribution is 2.33. The smallest absolute Gasteiger partial charge is 0.338 e. The number of halogens is 3. The van der Waals surface area contributed by atoms with Crippen molar-refractivity contribution in [1.29, 1.82) is 0 Å². The van der Waals surface area contributed by atoms with Crippen LogP contribution in [0, 0.1) is 0 Å². The molecular weight excluding hydrogens is 407 g/mol. The van der Waals surface area contributed by atoms with Crippen LogP contribution in [0.15, 0.2) is 47.4 Å². The second-order valence-corrected chi connectivity index (χ2v) is 8.29. The maximum atomic E-state index is 12.8. The number of anilines is 2. The average Bonchev–Trinajstić information content (AvgIpc) is 3.08. The molecule has 10 heteroatoms. The fourth-order valence-corrected chi connectivity index (χ4v) is 4.16. The Bertz CT molecular complexity index is 1020. The van der Waals surface area contributed by atoms with Gasteiger partial charge in [-0.1, -0.05) is 13.0 Å². The van der Waals surface area contributed by atoms with E-state index in [1.165, 1.54) is 24.3 Å². The molecule has 156 valence electrons. The van der Waals surface area contributed by atoms with Gasteiger partial charge < -0.3 is 5.32 Å². The molecule has 3 rings (SSSR count). The van der Waals surface area contributed by atoms with Crippen molar-refractivity contribution in [3.8, 4) is 0 Å². The Morgan fingerprint density at radius 2 is 1.93 bits per heavy atom. The van der Waals surface area contributed by atoms with Crippen molar-refractivity contribution in [2.24, 2.45) is 0 Å². The largest absolute Gasteiger partial charge is 0.416 e. The number of nitrogens with one attached hydrogen (secondary N) is 2. The van der Waals surface area contributed by atoms with E-state index >= 15 is 0 Å². The van der Waals surface area contributed by atoms with Crippen LogP contribution in [-0.2, 0) is 22.6 Å². The highest BCUT2D eigenvalue weighted by molar-refractivity contribution is 7.92. The van der Waals surface area contributed by atoms with E-state index in [1.807, 2.05) is 6.92 Å². The first-order chi connectivity index (χ1) is 13.6. The summed E-state index contributed by atoms with van der Waals surface area (Å²) in [6.07, 6.45) is -3.29. The number of amides is 2. The molecule has 0 atom stereocenters. The van der Waals surface area contributed by atoms with Gasteiger partial charge in [0.15, 0.2) is 0 Å². The zero-order valence-electron chi connectivity index (χ0n) is 15.6. The number of rotatable bonds is 5. The highest BCUT2D eigenvalue weighted by atomic mass is 32.2. The number of sulfonamides is 1. The summed E-state index contributed by atoms with van der Waals surface area (Å²) < 4.78 is 66.0. The lowest BCUT2D eigenvalue weighted by Gasteiger charge is -2.18. The van der Waals surface area contributed by atoms with Gasteiger partial charge >= 0.3 is 12.2 Å². The molecule has 0 saturated heterocycles. The molecule has 0 aromatic heterocycles. The van der Waals surface area contributed by atoms with Crippen LogP contribution in [0.3, 0.4) is 0 Å². The van der Waals surface area contributed by atoms with Crippen molar-refractivity contribution >= 4 is 27.4 Å². The van der Waals surface area contributed by atoms with Crippen LogP contribution >= 0.6 is 0 Å². The van der Waals surface area contributed by atoms with Crippen LogP contribution in [-0.4, -0.2) is 27.5 Å². The van der Waals surface area contributed by atoms with Crippen molar-refractivity contribution < 1.29 is 26.4 Å². The second-order valence-electron chi connectivity index (χ2n) is 6.61. The predicted molar refractivity (Wildman–Crippen MR) is 103 cm³/mol. The average molecular weight is 427 g/mol. The molecule has 1 aliphatic heterocycles. The van der Waals surface area contributed by atoms with Crippen LogP contribution in [0.2, 0.25) is 0 Å². The third-order valence-corrected chi connectivity index (χ3v) is 5.85. The number of nitrogens with zero attached hydrogens (tertiary/aromatic N) is 1. The van der Waals surface area contributed by atoms with Crippen LogP contribution in [0.25, 0.3) is 0 Å². The van der Waals surface area contributed by atoms with E-state index < -0.39 is 21.8 Å². The van der Waals surface area contributed by atoms with Crippen LogP contribution in [0.1, 0.15) is 24.5 Å². The molecule has 1 aliphatic rings. The van der Waals surface area contributed by atoms with Crippen molar-refractivity contribution in [2.45, 2.75) is 30.8 Å². The second kappa shape index (κ2) is 7.94. The maximum Gasteiger partial charge on any atom is 0.416 e. The first-order valence-electron chi connectivity index (χ1n) is 9.00. The van der Waals surface area contributed by atoms with E-state index in [1.54, 1.807) is 4.90 Å². The Morgan fingerprint density at radius 3 is 2.62 bits per heavy atom. The lowest BCUT2D eigenvalue weighted by Crippen LogP contribution is -2.39. The predicted octanol–water partition coefficient (Wildman–Crippen LogP) is 3.99. The van der Waals surface area contributed by atoms with Gasteiger partial charge in [0.05, 0.1) is 10.5 Å². The number of carbonyl (C=O) groups is 1. The summed E-state index contributed by atoms with van der Waals surface area (Å²) in [7, 11) is -4.09. The maximum absolute atomic E-state index is 12.8. The molecule has 2 aromatic carbocycles. The van der Waals surface area contributed by atoms with Gasteiger partial charge in [-0.15, -0.1) is 0 Å². The summed E-state index contributed by atoms with van der Waals surface area (Å²) in [6.45, 7) is 2.90. The Balaban J connectivity index is 1.82. The van der Waals surface area contributed by atoms with Crippen molar-refractivity contribution in [2.75, 3.05) is 22.7 Å². The van der Waals surface area contributed by atoms with Crippen molar-refractivity contribution in [1.82, 2.24) is 5.32 Å². The fourth-order valence-electron chi connectivity index (χ4n) is 3.06. The quantitative estimate of drug-likeness (QED) is 0.758. The minimum atomic E-state index is -4.57. The van der Waals surface area contributed by atoms with Gasteiger partial charge in [0.2, 0.25) is 0 Å². The topological polar surface area (TPSA) is 78.5 Å². The molecule has 2 aromatic rings. The first-order valence-corrected chi connectivity index (χ1v) is 10.5. The number of benzene rings is 2. The summed E-state index contributed by atoms with van der Waals surface area (Å²) in [6, 6.07) is 8.06. The van der Waals surface area contributed by atoms with Crippen LogP contribution in [0.5, 0.6) is 0 Å². The molecule has 0 saturated carbocycles. The summed E-state index contributed by atoms with van der Waals surface area (Å²) in [4.78, 5) is 13.7. The van der Waals surface area contributed by atoms with E-state index in [-0.39, 0.29) is 16.6 Å². The number of hydrogen-bond acceptors (Lipinski definition) is 3. The SMILES string of the molecule is CCCNC(=O)N1CCc2cc(S(=O)(=O)Nc3cccc(C(F)(F)F)c3)ccc21. The van der Waals surface area contributed by atoms with E-state index in [0.29, 0.717) is 30.8 Å². The Morgan fingerprint density at radius 1 is 1.17 bits per heavy atom. The Kier molecular flexibility index (Phi) is 5.74. The molecule has 0 unspecified atom stereocenters. The summed E-state index contributed by atoms with van der Waals surface area (Å²) in [5, 5.41) is 2.77. The first kappa shape index (κ1) is 21.0. The molecule has 0 radical (unpaired) electrons. The number of carbonyl (C=O) groups excluding carboxylic acids is 1. The van der Waals surface area contributed by atoms with E-state index in [9.17, 15) is 26.4 Å². The minimum Gasteiger partial charge on any atom is -0.338 e. The van der Waals surface area contributed by atoms with E-state index in [2.05, 4.69) is 10.0 Å². The van der Waals surface area contributed by atoms with E-state index in [4.69, 9.17) is 0 Å². The number of alkyl halides is 3. The lowest BCUT2D eigenvalue weighted by atomic mass is 10.2. The molecule has 6 nitrogen and oxygen atoms in total. The van der Waals surface area contributed by atoms with Crippen LogP contribution in [0.4, 0.5) is 29.3 Å². The third kappa shape index (κ3) is 4.64. The Labute approximate surface area is 166 Å². The number of fused-ring (bicyclic) bond motifs is 1. The van der Waals surface area contributed by atoms with Crippen LogP contribution < -0.4 is 14.9 Å².